The summed E-state index contributed by atoms with van der Waals surface area (Å²) < 4.78 is 0. The van der Waals surface area contributed by atoms with Gasteiger partial charge in [-0.05, 0) is 44.1 Å². The van der Waals surface area contributed by atoms with E-state index in [0.717, 1.165) is 17.9 Å². The lowest BCUT2D eigenvalue weighted by atomic mass is 9.90. The molecule has 0 amide bonds. The molecule has 2 N–H and O–H groups in total. The van der Waals surface area contributed by atoms with Crippen LogP contribution in [0.1, 0.15) is 44.2 Å². The first-order chi connectivity index (χ1) is 7.54. The van der Waals surface area contributed by atoms with E-state index in [2.05, 4.69) is 0 Å². The first-order valence-corrected chi connectivity index (χ1v) is 6.08. The van der Waals surface area contributed by atoms with Crippen molar-refractivity contribution < 1.29 is 10.2 Å². The van der Waals surface area contributed by atoms with E-state index in [0.29, 0.717) is 17.7 Å². The average Bonchev–Trinajstić information content (AvgIpc) is 3.05. The summed E-state index contributed by atoms with van der Waals surface area (Å²) in [7, 11) is 0. The van der Waals surface area contributed by atoms with Gasteiger partial charge in [-0.25, -0.2) is 0 Å². The number of rotatable bonds is 4. The van der Waals surface area contributed by atoms with Crippen LogP contribution in [0.15, 0.2) is 18.2 Å². The third-order valence-corrected chi connectivity index (χ3v) is 3.59. The molecule has 88 valence electrons. The van der Waals surface area contributed by atoms with Gasteiger partial charge in [0.1, 0.15) is 5.75 Å². The van der Waals surface area contributed by atoms with Crippen LogP contribution >= 0.6 is 0 Å². The van der Waals surface area contributed by atoms with Gasteiger partial charge in [-0.2, -0.15) is 0 Å². The Labute approximate surface area is 96.9 Å². The molecule has 16 heavy (non-hydrogen) atoms. The van der Waals surface area contributed by atoms with E-state index in [4.69, 9.17) is 0 Å². The predicted octanol–water partition coefficient (Wildman–Crippen LogP) is 2.96. The summed E-state index contributed by atoms with van der Waals surface area (Å²) in [4.78, 5) is 0. The molecule has 0 saturated heterocycles. The van der Waals surface area contributed by atoms with Crippen molar-refractivity contribution in [3.8, 4) is 5.75 Å². The van der Waals surface area contributed by atoms with Crippen LogP contribution in [-0.2, 0) is 12.0 Å². The van der Waals surface area contributed by atoms with Gasteiger partial charge >= 0.3 is 0 Å². The largest absolute Gasteiger partial charge is 0.507 e. The Kier molecular flexibility index (Phi) is 2.94. The van der Waals surface area contributed by atoms with Gasteiger partial charge in [0.05, 0.1) is 5.60 Å². The number of hydrogen-bond acceptors (Lipinski definition) is 2. The minimum atomic E-state index is -0.927. The summed E-state index contributed by atoms with van der Waals surface area (Å²) in [6.07, 6.45) is 4.09. The molecule has 2 heteroatoms. The van der Waals surface area contributed by atoms with Gasteiger partial charge < -0.3 is 10.2 Å². The lowest BCUT2D eigenvalue weighted by Gasteiger charge is -2.24. The SMILES string of the molecule is CCC(C)(O)c1cccc(CC2CC2)c1O. The van der Waals surface area contributed by atoms with Crippen molar-refractivity contribution in [2.24, 2.45) is 5.92 Å². The summed E-state index contributed by atoms with van der Waals surface area (Å²) in [6, 6.07) is 5.70. The molecule has 0 spiro atoms. The number of hydrogen-bond donors (Lipinski definition) is 2. The zero-order valence-corrected chi connectivity index (χ0v) is 10.0. The highest BCUT2D eigenvalue weighted by Crippen LogP contribution is 2.39. The van der Waals surface area contributed by atoms with Gasteiger partial charge in [0.15, 0.2) is 0 Å². The molecule has 2 nitrogen and oxygen atoms in total. The second kappa shape index (κ2) is 4.10. The summed E-state index contributed by atoms with van der Waals surface area (Å²) in [6.45, 7) is 3.68. The van der Waals surface area contributed by atoms with Gasteiger partial charge in [-0.3, -0.25) is 0 Å². The van der Waals surface area contributed by atoms with Crippen LogP contribution < -0.4 is 0 Å². The normalized spacial score (nSPS) is 19.4. The molecule has 0 radical (unpaired) electrons. The first-order valence-electron chi connectivity index (χ1n) is 6.08. The molecule has 1 aliphatic rings. The van der Waals surface area contributed by atoms with E-state index in [-0.39, 0.29) is 0 Å². The highest BCUT2D eigenvalue weighted by atomic mass is 16.3. The number of benzene rings is 1. The van der Waals surface area contributed by atoms with Crippen molar-refractivity contribution in [2.75, 3.05) is 0 Å². The molecule has 1 atom stereocenters. The van der Waals surface area contributed by atoms with E-state index in [1.165, 1.54) is 12.8 Å². The van der Waals surface area contributed by atoms with Crippen molar-refractivity contribution in [1.29, 1.82) is 0 Å². The van der Waals surface area contributed by atoms with Crippen LogP contribution in [0.25, 0.3) is 0 Å². The molecule has 2 rings (SSSR count). The fourth-order valence-corrected chi connectivity index (χ4v) is 2.01. The van der Waals surface area contributed by atoms with E-state index in [9.17, 15) is 10.2 Å². The fourth-order valence-electron chi connectivity index (χ4n) is 2.01. The maximum Gasteiger partial charge on any atom is 0.124 e. The van der Waals surface area contributed by atoms with Crippen LogP contribution in [0.4, 0.5) is 0 Å². The van der Waals surface area contributed by atoms with Gasteiger partial charge in [0.25, 0.3) is 0 Å². The third kappa shape index (κ3) is 2.22. The highest BCUT2D eigenvalue weighted by molar-refractivity contribution is 5.43. The average molecular weight is 220 g/mol. The van der Waals surface area contributed by atoms with Crippen molar-refractivity contribution in [1.82, 2.24) is 0 Å². The van der Waals surface area contributed by atoms with Crippen molar-refractivity contribution >= 4 is 0 Å². The lowest BCUT2D eigenvalue weighted by molar-refractivity contribution is 0.0504. The van der Waals surface area contributed by atoms with Crippen LogP contribution in [0.5, 0.6) is 5.75 Å². The number of phenolic OH excluding ortho intramolecular Hbond substituents is 1. The number of phenols is 1. The molecule has 1 aromatic rings. The Balaban J connectivity index is 2.31. The standard InChI is InChI=1S/C14H20O2/c1-3-14(2,16)12-6-4-5-11(13(12)15)9-10-7-8-10/h4-6,10,15-16H,3,7-9H2,1-2H3. The monoisotopic (exact) mass is 220 g/mol. The van der Waals surface area contributed by atoms with Crippen molar-refractivity contribution in [3.05, 3.63) is 29.3 Å². The minimum Gasteiger partial charge on any atom is -0.507 e. The van der Waals surface area contributed by atoms with E-state index in [1.807, 2.05) is 25.1 Å². The number of aliphatic hydroxyl groups is 1. The Bertz CT molecular complexity index is 378. The maximum absolute atomic E-state index is 10.2. The van der Waals surface area contributed by atoms with Crippen molar-refractivity contribution in [2.45, 2.75) is 45.1 Å². The van der Waals surface area contributed by atoms with Gasteiger partial charge in [-0.1, -0.05) is 25.1 Å². The summed E-state index contributed by atoms with van der Waals surface area (Å²) in [5, 5.41) is 20.4. The van der Waals surface area contributed by atoms with Crippen LogP contribution in [0.3, 0.4) is 0 Å². The Morgan fingerprint density at radius 2 is 2.06 bits per heavy atom. The fraction of sp³-hybridized carbons (Fsp3) is 0.571. The quantitative estimate of drug-likeness (QED) is 0.819. The molecule has 1 unspecified atom stereocenters. The van der Waals surface area contributed by atoms with Gasteiger partial charge in [0.2, 0.25) is 0 Å². The summed E-state index contributed by atoms with van der Waals surface area (Å²) in [5.74, 6) is 1.04. The predicted molar refractivity (Wildman–Crippen MR) is 64.4 cm³/mol. The van der Waals surface area contributed by atoms with Gasteiger partial charge in [-0.15, -0.1) is 0 Å². The van der Waals surface area contributed by atoms with Crippen LogP contribution in [-0.4, -0.2) is 10.2 Å². The number of para-hydroxylation sites is 1. The lowest BCUT2D eigenvalue weighted by Crippen LogP contribution is -2.20. The summed E-state index contributed by atoms with van der Waals surface area (Å²) in [5.41, 5.74) is 0.714. The van der Waals surface area contributed by atoms with Gasteiger partial charge in [0, 0.05) is 5.56 Å². The second-order valence-corrected chi connectivity index (χ2v) is 5.09. The smallest absolute Gasteiger partial charge is 0.124 e. The topological polar surface area (TPSA) is 40.5 Å². The first kappa shape index (κ1) is 11.5. The molecule has 0 aromatic heterocycles. The Morgan fingerprint density at radius 1 is 1.38 bits per heavy atom. The van der Waals surface area contributed by atoms with Crippen LogP contribution in [0.2, 0.25) is 0 Å². The van der Waals surface area contributed by atoms with E-state index in [1.54, 1.807) is 6.92 Å². The maximum atomic E-state index is 10.2. The molecule has 0 heterocycles. The molecule has 1 aliphatic carbocycles. The van der Waals surface area contributed by atoms with E-state index < -0.39 is 5.60 Å². The third-order valence-electron chi connectivity index (χ3n) is 3.59. The molecule has 0 bridgehead atoms. The molecular weight excluding hydrogens is 200 g/mol. The summed E-state index contributed by atoms with van der Waals surface area (Å²) >= 11 is 0. The minimum absolute atomic E-state index is 0.293. The Hall–Kier alpha value is -1.02. The molecule has 1 aromatic carbocycles. The zero-order chi connectivity index (χ0) is 11.8. The Morgan fingerprint density at radius 3 is 2.62 bits per heavy atom. The van der Waals surface area contributed by atoms with Crippen molar-refractivity contribution in [3.63, 3.8) is 0 Å². The molecule has 1 fully saturated rings. The van der Waals surface area contributed by atoms with E-state index >= 15 is 0 Å². The molecular formula is C14H20O2. The number of aromatic hydroxyl groups is 1. The molecule has 1 saturated carbocycles. The second-order valence-electron chi connectivity index (χ2n) is 5.09. The highest BCUT2D eigenvalue weighted by Gasteiger charge is 2.27. The van der Waals surface area contributed by atoms with Crippen LogP contribution in [0, 0.1) is 5.92 Å². The molecule has 0 aliphatic heterocycles. The zero-order valence-electron chi connectivity index (χ0n) is 10.0.